The van der Waals surface area contributed by atoms with Crippen LogP contribution >= 0.6 is 0 Å². The van der Waals surface area contributed by atoms with E-state index in [1.54, 1.807) is 0 Å². The van der Waals surface area contributed by atoms with E-state index in [-0.39, 0.29) is 0 Å². The number of fused-ring (bicyclic) bond motifs is 5. The van der Waals surface area contributed by atoms with E-state index >= 15 is 0 Å². The first-order chi connectivity index (χ1) is 29.3. The first kappa shape index (κ1) is 34.3. The van der Waals surface area contributed by atoms with Crippen LogP contribution in [0.2, 0.25) is 0 Å². The Morgan fingerprint density at radius 3 is 1.63 bits per heavy atom. The molecule has 0 saturated heterocycles. The summed E-state index contributed by atoms with van der Waals surface area (Å²) < 4.78 is 2.28. The molecule has 0 atom stereocenters. The van der Waals surface area contributed by atoms with Crippen LogP contribution in [0.1, 0.15) is 22.3 Å². The first-order valence-corrected chi connectivity index (χ1v) is 20.1. The van der Waals surface area contributed by atoms with Gasteiger partial charge in [-0.3, -0.25) is 0 Å². The van der Waals surface area contributed by atoms with Gasteiger partial charge < -0.3 is 9.47 Å². The number of rotatable bonds is 6. The molecule has 0 bridgehead atoms. The summed E-state index contributed by atoms with van der Waals surface area (Å²) in [7, 11) is 0. The molecule has 0 unspecified atom stereocenters. The van der Waals surface area contributed by atoms with Gasteiger partial charge in [-0.25, -0.2) is 4.85 Å². The second-order valence-corrected chi connectivity index (χ2v) is 15.1. The number of aromatic nitrogens is 1. The van der Waals surface area contributed by atoms with Gasteiger partial charge in [-0.15, -0.1) is 0 Å². The van der Waals surface area contributed by atoms with E-state index in [1.807, 2.05) is 12.1 Å². The van der Waals surface area contributed by atoms with Gasteiger partial charge in [0.15, 0.2) is 0 Å². The van der Waals surface area contributed by atoms with Gasteiger partial charge >= 0.3 is 0 Å². The summed E-state index contributed by atoms with van der Waals surface area (Å²) in [5.74, 6) is 0. The maximum Gasteiger partial charge on any atom is 0.211 e. The van der Waals surface area contributed by atoms with Crippen molar-refractivity contribution in [3.8, 4) is 27.9 Å². The van der Waals surface area contributed by atoms with Gasteiger partial charge in [0.05, 0.1) is 40.1 Å². The van der Waals surface area contributed by atoms with Crippen molar-refractivity contribution in [3.63, 3.8) is 0 Å². The van der Waals surface area contributed by atoms with Crippen LogP contribution in [0, 0.1) is 6.57 Å². The minimum atomic E-state index is -0.610. The van der Waals surface area contributed by atoms with Crippen LogP contribution in [0.5, 0.6) is 0 Å². The van der Waals surface area contributed by atoms with Crippen molar-refractivity contribution < 1.29 is 0 Å². The third-order valence-electron chi connectivity index (χ3n) is 12.1. The topological polar surface area (TPSA) is 12.5 Å². The fourth-order valence-electron chi connectivity index (χ4n) is 9.61. The van der Waals surface area contributed by atoms with Crippen LogP contribution in [-0.2, 0) is 5.41 Å². The Morgan fingerprint density at radius 1 is 0.407 bits per heavy atom. The minimum absolute atomic E-state index is 0.610. The van der Waals surface area contributed by atoms with Crippen molar-refractivity contribution in [2.45, 2.75) is 5.41 Å². The highest BCUT2D eigenvalue weighted by atomic mass is 15.2. The monoisotopic (exact) mass is 751 g/mol. The number of benzene rings is 9. The fraction of sp³-hybridized carbons (Fsp3) is 0.0179. The Balaban J connectivity index is 1.16. The molecular weight excluding hydrogens is 715 g/mol. The molecule has 11 rings (SSSR count). The molecule has 59 heavy (non-hydrogen) atoms. The number of hydrogen-bond acceptors (Lipinski definition) is 1. The fourth-order valence-corrected chi connectivity index (χ4v) is 9.61. The van der Waals surface area contributed by atoms with Crippen LogP contribution in [0.3, 0.4) is 0 Å². The van der Waals surface area contributed by atoms with E-state index < -0.39 is 5.41 Å². The normalized spacial score (nSPS) is 12.8. The maximum absolute atomic E-state index is 8.34. The Labute approximate surface area is 344 Å². The van der Waals surface area contributed by atoms with Gasteiger partial charge in [0.1, 0.15) is 0 Å². The summed E-state index contributed by atoms with van der Waals surface area (Å²) >= 11 is 0. The largest absolute Gasteiger partial charge is 0.318 e. The van der Waals surface area contributed by atoms with E-state index in [4.69, 9.17) is 6.57 Å². The molecule has 0 spiro atoms. The predicted octanol–water partition coefficient (Wildman–Crippen LogP) is 14.8. The molecule has 1 aliphatic rings. The van der Waals surface area contributed by atoms with Crippen LogP contribution < -0.4 is 4.90 Å². The quantitative estimate of drug-likeness (QED) is 0.154. The highest BCUT2D eigenvalue weighted by Gasteiger charge is 2.46. The molecule has 0 saturated carbocycles. The smallest absolute Gasteiger partial charge is 0.211 e. The molecule has 3 heteroatoms. The van der Waals surface area contributed by atoms with Crippen molar-refractivity contribution in [1.82, 2.24) is 4.57 Å². The summed E-state index contributed by atoms with van der Waals surface area (Å²) in [5, 5.41) is 2.34. The van der Waals surface area contributed by atoms with E-state index in [0.29, 0.717) is 5.69 Å². The summed E-state index contributed by atoms with van der Waals surface area (Å²) in [5.41, 5.74) is 15.6. The van der Waals surface area contributed by atoms with Gasteiger partial charge in [-0.1, -0.05) is 176 Å². The van der Waals surface area contributed by atoms with E-state index in [9.17, 15) is 0 Å². The molecule has 10 aromatic rings. The Kier molecular flexibility index (Phi) is 8.10. The van der Waals surface area contributed by atoms with Crippen molar-refractivity contribution >= 4 is 44.6 Å². The molecule has 3 nitrogen and oxygen atoms in total. The van der Waals surface area contributed by atoms with Crippen molar-refractivity contribution in [2.75, 3.05) is 4.90 Å². The van der Waals surface area contributed by atoms with Crippen LogP contribution in [0.15, 0.2) is 224 Å². The summed E-state index contributed by atoms with van der Waals surface area (Å²) in [6, 6.07) is 80.5. The van der Waals surface area contributed by atoms with Crippen LogP contribution in [0.25, 0.3) is 54.6 Å². The van der Waals surface area contributed by atoms with Gasteiger partial charge in [0.25, 0.3) is 0 Å². The highest BCUT2D eigenvalue weighted by molar-refractivity contribution is 6.10. The zero-order valence-corrected chi connectivity index (χ0v) is 32.2. The molecule has 0 aliphatic carbocycles. The van der Waals surface area contributed by atoms with Crippen molar-refractivity contribution in [2.24, 2.45) is 0 Å². The number of hydrogen-bond donors (Lipinski definition) is 0. The van der Waals surface area contributed by atoms with E-state index in [0.717, 1.165) is 56.0 Å². The van der Waals surface area contributed by atoms with E-state index in [2.05, 4.69) is 227 Å². The summed E-state index contributed by atoms with van der Waals surface area (Å²) in [6.45, 7) is 8.34. The van der Waals surface area contributed by atoms with Gasteiger partial charge in [0, 0.05) is 16.5 Å². The van der Waals surface area contributed by atoms with Crippen LogP contribution in [0.4, 0.5) is 22.7 Å². The Morgan fingerprint density at radius 2 is 0.949 bits per heavy atom. The number of anilines is 3. The summed E-state index contributed by atoms with van der Waals surface area (Å²) in [4.78, 5) is 6.52. The molecular formula is C56H37N3. The highest BCUT2D eigenvalue weighted by Crippen LogP contribution is 2.58. The zero-order chi connectivity index (χ0) is 39.3. The summed E-state index contributed by atoms with van der Waals surface area (Å²) in [6.07, 6.45) is 0. The molecule has 0 amide bonds. The van der Waals surface area contributed by atoms with Gasteiger partial charge in [-0.05, 0) is 93.0 Å². The third kappa shape index (κ3) is 5.28. The minimum Gasteiger partial charge on any atom is -0.318 e. The number of para-hydroxylation sites is 5. The average Bonchev–Trinajstić information content (AvgIpc) is 3.65. The Hall–Kier alpha value is -7.93. The van der Waals surface area contributed by atoms with Gasteiger partial charge in [-0.2, -0.15) is 0 Å². The second-order valence-electron chi connectivity index (χ2n) is 15.1. The molecule has 1 aromatic heterocycles. The molecule has 0 N–H and O–H groups in total. The number of nitrogens with zero attached hydrogens (tertiary/aromatic N) is 3. The molecule has 276 valence electrons. The van der Waals surface area contributed by atoms with Crippen molar-refractivity contribution in [3.05, 3.63) is 258 Å². The predicted molar refractivity (Wildman–Crippen MR) is 244 cm³/mol. The first-order valence-electron chi connectivity index (χ1n) is 20.1. The average molecular weight is 752 g/mol. The molecule has 9 aromatic carbocycles. The lowest BCUT2D eigenvalue weighted by Crippen LogP contribution is -2.37. The lowest BCUT2D eigenvalue weighted by atomic mass is 9.62. The van der Waals surface area contributed by atoms with E-state index in [1.165, 1.54) is 33.0 Å². The lowest BCUT2D eigenvalue weighted by Gasteiger charge is -2.46. The van der Waals surface area contributed by atoms with Crippen molar-refractivity contribution in [1.29, 1.82) is 0 Å². The Bertz CT molecular complexity index is 3140. The SMILES string of the molecule is [C-]#[N+]c1cccc(-c2cccc(-c3ccc4c(c3)C(c3ccccc3)(c3ccccc3)c3ccccc3N4c3ccccc3)c2)c1-n1c2ccccc2c2ccccc21. The van der Waals surface area contributed by atoms with Crippen LogP contribution in [-0.4, -0.2) is 4.57 Å². The molecule has 1 aliphatic heterocycles. The molecule has 0 radical (unpaired) electrons. The van der Waals surface area contributed by atoms with Gasteiger partial charge in [0.2, 0.25) is 5.69 Å². The lowest BCUT2D eigenvalue weighted by molar-refractivity contribution is 0.731. The molecule has 2 heterocycles. The zero-order valence-electron chi connectivity index (χ0n) is 32.2. The standard InChI is InChI=1S/C56H37N3/c1-57-50-31-18-29-45(55(50)59-51-32-14-11-27-46(51)47-28-12-15-33-52(47)59)41-20-17-19-39(37-41)40-35-36-54-49(38-40)56(42-21-5-2-6-22-42,43-23-7-3-8-24-43)48-30-13-16-34-53(48)58(54)44-25-9-4-10-26-44/h2-38H. The molecule has 0 fully saturated rings. The third-order valence-corrected chi connectivity index (χ3v) is 12.1. The second kappa shape index (κ2) is 13.9. The maximum atomic E-state index is 8.34.